The normalized spacial score (nSPS) is 19.0. The van der Waals surface area contributed by atoms with E-state index in [0.29, 0.717) is 23.7 Å². The van der Waals surface area contributed by atoms with E-state index in [4.69, 9.17) is 16.0 Å². The molecule has 0 spiro atoms. The quantitative estimate of drug-likeness (QED) is 0.937. The lowest BCUT2D eigenvalue weighted by molar-refractivity contribution is -0.142. The molecule has 3 rings (SSSR count). The summed E-state index contributed by atoms with van der Waals surface area (Å²) >= 11 is 6.15. The summed E-state index contributed by atoms with van der Waals surface area (Å²) in [6, 6.07) is 10.9. The van der Waals surface area contributed by atoms with Gasteiger partial charge in [-0.25, -0.2) is 0 Å². The minimum absolute atomic E-state index is 0.404. The van der Waals surface area contributed by atoms with Crippen LogP contribution in [0.5, 0.6) is 0 Å². The van der Waals surface area contributed by atoms with E-state index in [1.807, 2.05) is 41.3 Å². The third-order valence-corrected chi connectivity index (χ3v) is 4.14. The number of carbonyl (C=O) groups is 1. The number of carboxylic acids is 1. The molecule has 0 aliphatic carbocycles. The van der Waals surface area contributed by atoms with Crippen LogP contribution in [0.25, 0.3) is 11.3 Å². The van der Waals surface area contributed by atoms with Crippen molar-refractivity contribution in [3.05, 3.63) is 47.2 Å². The first-order chi connectivity index (χ1) is 10.1. The molecule has 5 heteroatoms. The van der Waals surface area contributed by atoms with Crippen LogP contribution in [0.15, 0.2) is 40.8 Å². The molecule has 110 valence electrons. The zero-order valence-electron chi connectivity index (χ0n) is 11.5. The Morgan fingerprint density at radius 2 is 2.14 bits per heavy atom. The molecule has 1 aromatic carbocycles. The number of aliphatic carboxylic acids is 1. The Hall–Kier alpha value is -1.78. The van der Waals surface area contributed by atoms with Crippen molar-refractivity contribution >= 4 is 17.6 Å². The zero-order valence-corrected chi connectivity index (χ0v) is 12.2. The average molecular weight is 306 g/mol. The summed E-state index contributed by atoms with van der Waals surface area (Å²) in [5.41, 5.74) is 0.849. The van der Waals surface area contributed by atoms with Crippen molar-refractivity contribution < 1.29 is 14.3 Å². The van der Waals surface area contributed by atoms with E-state index >= 15 is 0 Å². The van der Waals surface area contributed by atoms with Crippen molar-refractivity contribution in [3.8, 4) is 11.3 Å². The molecule has 1 aliphatic heterocycles. The highest BCUT2D eigenvalue weighted by Gasteiger charge is 2.30. The highest BCUT2D eigenvalue weighted by molar-refractivity contribution is 6.33. The van der Waals surface area contributed by atoms with E-state index in [1.165, 1.54) is 0 Å². The smallest absolute Gasteiger partial charge is 0.320 e. The van der Waals surface area contributed by atoms with Gasteiger partial charge >= 0.3 is 5.97 Å². The molecule has 2 aromatic rings. The fraction of sp³-hybridized carbons (Fsp3) is 0.312. The van der Waals surface area contributed by atoms with Gasteiger partial charge in [-0.3, -0.25) is 9.69 Å². The molecule has 1 aliphatic rings. The first-order valence-electron chi connectivity index (χ1n) is 6.95. The molecule has 0 bridgehead atoms. The van der Waals surface area contributed by atoms with E-state index in [1.54, 1.807) is 0 Å². The second-order valence-electron chi connectivity index (χ2n) is 5.21. The molecule has 2 heterocycles. The summed E-state index contributed by atoms with van der Waals surface area (Å²) in [5.74, 6) is 0.713. The molecular formula is C16H16ClNO3. The third kappa shape index (κ3) is 2.96. The maximum atomic E-state index is 11.2. The molecule has 1 saturated heterocycles. The van der Waals surface area contributed by atoms with Crippen LogP contribution >= 0.6 is 11.6 Å². The van der Waals surface area contributed by atoms with Crippen LogP contribution in [0, 0.1) is 0 Å². The molecule has 4 nitrogen and oxygen atoms in total. The maximum Gasteiger partial charge on any atom is 0.320 e. The van der Waals surface area contributed by atoms with Gasteiger partial charge in [-0.05, 0) is 43.7 Å². The molecule has 0 unspecified atom stereocenters. The van der Waals surface area contributed by atoms with Gasteiger partial charge in [0.15, 0.2) is 0 Å². The molecule has 0 amide bonds. The summed E-state index contributed by atoms with van der Waals surface area (Å²) in [4.78, 5) is 13.1. The van der Waals surface area contributed by atoms with Gasteiger partial charge in [0.2, 0.25) is 0 Å². The molecule has 1 aromatic heterocycles. The highest BCUT2D eigenvalue weighted by atomic mass is 35.5. The summed E-state index contributed by atoms with van der Waals surface area (Å²) in [7, 11) is 0. The number of nitrogens with zero attached hydrogens (tertiary/aromatic N) is 1. The zero-order chi connectivity index (χ0) is 14.8. The second kappa shape index (κ2) is 5.92. The van der Waals surface area contributed by atoms with Gasteiger partial charge in [0, 0.05) is 5.56 Å². The topological polar surface area (TPSA) is 53.7 Å². The van der Waals surface area contributed by atoms with Crippen LogP contribution in [0.3, 0.4) is 0 Å². The lowest BCUT2D eigenvalue weighted by Gasteiger charge is -2.19. The van der Waals surface area contributed by atoms with Crippen LogP contribution < -0.4 is 0 Å². The maximum absolute atomic E-state index is 11.2. The third-order valence-electron chi connectivity index (χ3n) is 3.81. The number of hydrogen-bond donors (Lipinski definition) is 1. The van der Waals surface area contributed by atoms with Gasteiger partial charge in [-0.2, -0.15) is 0 Å². The highest BCUT2D eigenvalue weighted by Crippen LogP contribution is 2.30. The summed E-state index contributed by atoms with van der Waals surface area (Å²) in [6.45, 7) is 1.31. The standard InChI is InChI=1S/C16H16ClNO3/c17-13-5-2-1-4-12(13)15-8-7-11(21-15)10-18-9-3-6-14(18)16(19)20/h1-2,4-5,7-8,14H,3,6,9-10H2,(H,19,20)/t14-/m0/s1. The Balaban J connectivity index is 1.77. The largest absolute Gasteiger partial charge is 0.480 e. The minimum atomic E-state index is -0.759. The number of rotatable bonds is 4. The average Bonchev–Trinajstić information content (AvgIpc) is 3.09. The Bertz CT molecular complexity index is 652. The Labute approximate surface area is 127 Å². The molecular weight excluding hydrogens is 290 g/mol. The van der Waals surface area contributed by atoms with E-state index in [-0.39, 0.29) is 0 Å². The Kier molecular flexibility index (Phi) is 3.99. The molecule has 1 atom stereocenters. The Morgan fingerprint density at radius 1 is 1.33 bits per heavy atom. The first kappa shape index (κ1) is 14.2. The minimum Gasteiger partial charge on any atom is -0.480 e. The van der Waals surface area contributed by atoms with Gasteiger partial charge in [-0.15, -0.1) is 0 Å². The van der Waals surface area contributed by atoms with E-state index < -0.39 is 12.0 Å². The van der Waals surface area contributed by atoms with Crippen LogP contribution in [0.2, 0.25) is 5.02 Å². The van der Waals surface area contributed by atoms with Crippen molar-refractivity contribution in [1.29, 1.82) is 0 Å². The lowest BCUT2D eigenvalue weighted by atomic mass is 10.2. The van der Waals surface area contributed by atoms with Crippen molar-refractivity contribution in [2.75, 3.05) is 6.54 Å². The predicted octanol–water partition coefficient (Wildman–Crippen LogP) is 3.65. The van der Waals surface area contributed by atoms with Crippen molar-refractivity contribution in [2.45, 2.75) is 25.4 Å². The van der Waals surface area contributed by atoms with Crippen LogP contribution in [0.1, 0.15) is 18.6 Å². The first-order valence-corrected chi connectivity index (χ1v) is 7.33. The van der Waals surface area contributed by atoms with Gasteiger partial charge in [0.05, 0.1) is 11.6 Å². The van der Waals surface area contributed by atoms with Crippen molar-refractivity contribution in [3.63, 3.8) is 0 Å². The van der Waals surface area contributed by atoms with Gasteiger partial charge < -0.3 is 9.52 Å². The van der Waals surface area contributed by atoms with E-state index in [2.05, 4.69) is 0 Å². The summed E-state index contributed by atoms with van der Waals surface area (Å²) < 4.78 is 5.82. The molecule has 21 heavy (non-hydrogen) atoms. The summed E-state index contributed by atoms with van der Waals surface area (Å²) in [5, 5.41) is 9.83. The number of halogens is 1. The van der Waals surface area contributed by atoms with Crippen molar-refractivity contribution in [2.24, 2.45) is 0 Å². The molecule has 1 fully saturated rings. The number of furan rings is 1. The van der Waals surface area contributed by atoms with Crippen LogP contribution in [-0.2, 0) is 11.3 Å². The number of carboxylic acid groups (broad SMARTS) is 1. The lowest BCUT2D eigenvalue weighted by Crippen LogP contribution is -2.35. The van der Waals surface area contributed by atoms with Crippen LogP contribution in [-0.4, -0.2) is 28.6 Å². The van der Waals surface area contributed by atoms with E-state index in [9.17, 15) is 9.90 Å². The van der Waals surface area contributed by atoms with Gasteiger partial charge in [-0.1, -0.05) is 23.7 Å². The number of hydrogen-bond acceptors (Lipinski definition) is 3. The fourth-order valence-electron chi connectivity index (χ4n) is 2.76. The number of benzene rings is 1. The Morgan fingerprint density at radius 3 is 2.90 bits per heavy atom. The SMILES string of the molecule is O=C(O)[C@@H]1CCCN1Cc1ccc(-c2ccccc2Cl)o1. The second-order valence-corrected chi connectivity index (χ2v) is 5.62. The number of likely N-dealkylation sites (tertiary alicyclic amines) is 1. The van der Waals surface area contributed by atoms with Crippen LogP contribution in [0.4, 0.5) is 0 Å². The molecule has 0 radical (unpaired) electrons. The summed E-state index contributed by atoms with van der Waals surface area (Å²) in [6.07, 6.45) is 1.61. The fourth-order valence-corrected chi connectivity index (χ4v) is 2.99. The van der Waals surface area contributed by atoms with E-state index in [0.717, 1.165) is 24.3 Å². The van der Waals surface area contributed by atoms with Gasteiger partial charge in [0.25, 0.3) is 0 Å². The van der Waals surface area contributed by atoms with Crippen molar-refractivity contribution in [1.82, 2.24) is 4.90 Å². The molecule has 0 saturated carbocycles. The predicted molar refractivity (Wildman–Crippen MR) is 80.2 cm³/mol. The molecule has 1 N–H and O–H groups in total. The monoisotopic (exact) mass is 305 g/mol. The van der Waals surface area contributed by atoms with Gasteiger partial charge in [0.1, 0.15) is 17.6 Å².